The van der Waals surface area contributed by atoms with Crippen LogP contribution >= 0.6 is 0 Å². The first-order chi connectivity index (χ1) is 10.4. The van der Waals surface area contributed by atoms with Crippen molar-refractivity contribution in [2.75, 3.05) is 26.4 Å². The van der Waals surface area contributed by atoms with Gasteiger partial charge in [0.2, 0.25) is 0 Å². The molecule has 0 amide bonds. The highest BCUT2D eigenvalue weighted by atomic mass is 16.6. The summed E-state index contributed by atoms with van der Waals surface area (Å²) in [5.41, 5.74) is 0. The number of rotatable bonds is 7. The molecule has 2 aromatic rings. The highest BCUT2D eigenvalue weighted by Crippen LogP contribution is 2.29. The molecule has 0 radical (unpaired) electrons. The summed E-state index contributed by atoms with van der Waals surface area (Å²) in [6.07, 6.45) is 1.64. The normalized spacial score (nSPS) is 23.0. The van der Waals surface area contributed by atoms with Gasteiger partial charge in [-0.05, 0) is 29.7 Å². The zero-order chi connectivity index (χ0) is 14.1. The summed E-state index contributed by atoms with van der Waals surface area (Å²) < 4.78 is 21.9. The van der Waals surface area contributed by atoms with Crippen molar-refractivity contribution in [3.63, 3.8) is 0 Å². The molecule has 0 saturated carbocycles. The van der Waals surface area contributed by atoms with E-state index in [2.05, 4.69) is 18.2 Å². The third kappa shape index (κ3) is 3.28. The van der Waals surface area contributed by atoms with E-state index in [1.54, 1.807) is 0 Å². The smallest absolute Gasteiger partial charge is 0.127 e. The molecule has 0 spiro atoms. The monoisotopic (exact) mass is 286 g/mol. The van der Waals surface area contributed by atoms with Crippen LogP contribution in [0, 0.1) is 0 Å². The summed E-state index contributed by atoms with van der Waals surface area (Å²) in [5, 5.41) is 2.24. The van der Waals surface area contributed by atoms with Crippen LogP contribution in [0.15, 0.2) is 36.4 Å². The maximum Gasteiger partial charge on any atom is 0.127 e. The van der Waals surface area contributed by atoms with Gasteiger partial charge in [-0.15, -0.1) is 0 Å². The molecular weight excluding hydrogens is 268 g/mol. The average Bonchev–Trinajstić information content (AvgIpc) is 3.39. The van der Waals surface area contributed by atoms with Crippen molar-refractivity contribution < 1.29 is 18.9 Å². The number of hydrogen-bond acceptors (Lipinski definition) is 4. The Balaban J connectivity index is 1.47. The van der Waals surface area contributed by atoms with E-state index >= 15 is 0 Å². The lowest BCUT2D eigenvalue weighted by Crippen LogP contribution is -2.04. The summed E-state index contributed by atoms with van der Waals surface area (Å²) in [5.74, 6) is 1.80. The van der Waals surface area contributed by atoms with Gasteiger partial charge in [0.15, 0.2) is 0 Å². The minimum atomic E-state index is 0.271. The Morgan fingerprint density at radius 2 is 1.86 bits per heavy atom. The van der Waals surface area contributed by atoms with Gasteiger partial charge in [0.25, 0.3) is 0 Å². The Morgan fingerprint density at radius 1 is 1.00 bits per heavy atom. The molecule has 2 aromatic carbocycles. The molecule has 4 nitrogen and oxygen atoms in total. The molecule has 2 aliphatic heterocycles. The van der Waals surface area contributed by atoms with Crippen LogP contribution in [-0.4, -0.2) is 38.6 Å². The topological polar surface area (TPSA) is 43.5 Å². The first-order valence-corrected chi connectivity index (χ1v) is 7.40. The van der Waals surface area contributed by atoms with Gasteiger partial charge in [0.1, 0.15) is 24.2 Å². The van der Waals surface area contributed by atoms with Gasteiger partial charge >= 0.3 is 0 Å². The van der Waals surface area contributed by atoms with Crippen molar-refractivity contribution in [1.82, 2.24) is 0 Å². The van der Waals surface area contributed by atoms with Crippen molar-refractivity contribution in [2.24, 2.45) is 0 Å². The lowest BCUT2D eigenvalue weighted by molar-refractivity contribution is 0.265. The van der Waals surface area contributed by atoms with Crippen molar-refractivity contribution >= 4 is 10.8 Å². The fraction of sp³-hybridized carbons (Fsp3) is 0.412. The van der Waals surface area contributed by atoms with Gasteiger partial charge < -0.3 is 18.9 Å². The third-order valence-electron chi connectivity index (χ3n) is 3.75. The van der Waals surface area contributed by atoms with Crippen molar-refractivity contribution in [3.8, 4) is 11.5 Å². The Labute approximate surface area is 123 Å². The summed E-state index contributed by atoms with van der Waals surface area (Å²) in [4.78, 5) is 0. The van der Waals surface area contributed by atoms with Crippen LogP contribution in [0.4, 0.5) is 0 Å². The molecule has 21 heavy (non-hydrogen) atoms. The molecule has 2 unspecified atom stereocenters. The predicted molar refractivity (Wildman–Crippen MR) is 79.0 cm³/mol. The Morgan fingerprint density at radius 3 is 2.67 bits per heavy atom. The minimum absolute atomic E-state index is 0.271. The highest BCUT2D eigenvalue weighted by molar-refractivity contribution is 5.89. The van der Waals surface area contributed by atoms with Crippen LogP contribution in [0.3, 0.4) is 0 Å². The largest absolute Gasteiger partial charge is 0.493 e. The molecule has 2 heterocycles. The maximum absolute atomic E-state index is 5.82. The van der Waals surface area contributed by atoms with Crippen molar-refractivity contribution in [1.29, 1.82) is 0 Å². The zero-order valence-electron chi connectivity index (χ0n) is 11.8. The minimum Gasteiger partial charge on any atom is -0.493 e. The lowest BCUT2D eigenvalue weighted by atomic mass is 10.1. The molecule has 2 saturated heterocycles. The fourth-order valence-corrected chi connectivity index (χ4v) is 2.34. The summed E-state index contributed by atoms with van der Waals surface area (Å²) in [7, 11) is 0. The van der Waals surface area contributed by atoms with Gasteiger partial charge in [0.05, 0.1) is 25.9 Å². The second-order valence-corrected chi connectivity index (χ2v) is 5.50. The molecule has 110 valence electrons. The van der Waals surface area contributed by atoms with Gasteiger partial charge in [-0.1, -0.05) is 12.1 Å². The predicted octanol–water partition coefficient (Wildman–Crippen LogP) is 2.79. The first kappa shape index (κ1) is 12.9. The number of benzene rings is 2. The van der Waals surface area contributed by atoms with Crippen molar-refractivity contribution in [3.05, 3.63) is 36.4 Å². The molecule has 2 atom stereocenters. The van der Waals surface area contributed by atoms with Gasteiger partial charge in [-0.25, -0.2) is 0 Å². The summed E-state index contributed by atoms with van der Waals surface area (Å²) in [6.45, 7) is 3.02. The Hall–Kier alpha value is -1.78. The van der Waals surface area contributed by atoms with E-state index in [9.17, 15) is 0 Å². The van der Waals surface area contributed by atoms with Gasteiger partial charge in [-0.3, -0.25) is 0 Å². The highest BCUT2D eigenvalue weighted by Gasteiger charge is 2.23. The number of fused-ring (bicyclic) bond motifs is 1. The number of epoxide rings is 2. The molecule has 4 heteroatoms. The van der Waals surface area contributed by atoms with Gasteiger partial charge in [0, 0.05) is 11.8 Å². The Bertz CT molecular complexity index is 632. The standard InChI is InChI=1S/C17H18O4/c1-2-12-8-13(18-7-6-14-9-19-14)4-5-16(12)17(3-1)21-11-15-10-20-15/h1-5,8,14-15H,6-7,9-11H2. The molecule has 0 aliphatic carbocycles. The van der Waals surface area contributed by atoms with Crippen LogP contribution in [0.1, 0.15) is 6.42 Å². The number of hydrogen-bond donors (Lipinski definition) is 0. The zero-order valence-corrected chi connectivity index (χ0v) is 11.8. The summed E-state index contributed by atoms with van der Waals surface area (Å²) in [6, 6.07) is 12.2. The second-order valence-electron chi connectivity index (χ2n) is 5.50. The molecule has 4 rings (SSSR count). The van der Waals surface area contributed by atoms with E-state index in [-0.39, 0.29) is 6.10 Å². The molecular formula is C17H18O4. The first-order valence-electron chi connectivity index (χ1n) is 7.40. The second kappa shape index (κ2) is 5.54. The van der Waals surface area contributed by atoms with E-state index in [0.29, 0.717) is 19.3 Å². The van der Waals surface area contributed by atoms with E-state index in [0.717, 1.165) is 41.9 Å². The lowest BCUT2D eigenvalue weighted by Gasteiger charge is -2.10. The molecule has 0 bridgehead atoms. The maximum atomic E-state index is 5.82. The molecule has 0 aromatic heterocycles. The van der Waals surface area contributed by atoms with Crippen LogP contribution in [0.25, 0.3) is 10.8 Å². The van der Waals surface area contributed by atoms with E-state index in [1.165, 1.54) is 0 Å². The average molecular weight is 286 g/mol. The molecule has 2 aliphatic rings. The van der Waals surface area contributed by atoms with E-state index < -0.39 is 0 Å². The SMILES string of the molecule is c1cc(OCC2CO2)c2ccc(OCCC3CO3)cc2c1. The van der Waals surface area contributed by atoms with Gasteiger partial charge in [-0.2, -0.15) is 0 Å². The van der Waals surface area contributed by atoms with Crippen LogP contribution in [-0.2, 0) is 9.47 Å². The quantitative estimate of drug-likeness (QED) is 0.734. The van der Waals surface area contributed by atoms with Crippen molar-refractivity contribution in [2.45, 2.75) is 18.6 Å². The third-order valence-corrected chi connectivity index (χ3v) is 3.75. The molecule has 2 fully saturated rings. The summed E-state index contributed by atoms with van der Waals surface area (Å²) >= 11 is 0. The van der Waals surface area contributed by atoms with Crippen LogP contribution in [0.2, 0.25) is 0 Å². The number of ether oxygens (including phenoxy) is 4. The van der Waals surface area contributed by atoms with Crippen LogP contribution in [0.5, 0.6) is 11.5 Å². The van der Waals surface area contributed by atoms with E-state index in [4.69, 9.17) is 18.9 Å². The van der Waals surface area contributed by atoms with Crippen LogP contribution < -0.4 is 9.47 Å². The molecule has 0 N–H and O–H groups in total. The van der Waals surface area contributed by atoms with E-state index in [1.807, 2.05) is 18.2 Å². The Kier molecular flexibility index (Phi) is 3.41. The fourth-order valence-electron chi connectivity index (χ4n) is 2.34.